The zero-order valence-corrected chi connectivity index (χ0v) is 15.1. The number of thiophene rings is 1. The van der Waals surface area contributed by atoms with Crippen molar-refractivity contribution in [1.82, 2.24) is 15.1 Å². The summed E-state index contributed by atoms with van der Waals surface area (Å²) in [5.74, 6) is 0.522. The van der Waals surface area contributed by atoms with Gasteiger partial charge in [0, 0.05) is 44.5 Å². The van der Waals surface area contributed by atoms with Crippen molar-refractivity contribution in [2.75, 3.05) is 26.7 Å². The molecule has 1 saturated heterocycles. The van der Waals surface area contributed by atoms with E-state index in [9.17, 15) is 9.59 Å². The van der Waals surface area contributed by atoms with Crippen LogP contribution in [0, 0.1) is 5.92 Å². The summed E-state index contributed by atoms with van der Waals surface area (Å²) < 4.78 is 0. The molecule has 1 atom stereocenters. The molecule has 1 aromatic rings. The minimum atomic E-state index is 0.0203. The summed E-state index contributed by atoms with van der Waals surface area (Å²) in [7, 11) is 1.84. The van der Waals surface area contributed by atoms with Gasteiger partial charge in [0.2, 0.25) is 5.91 Å². The number of nitrogens with zero attached hydrogens (tertiary/aromatic N) is 2. The van der Waals surface area contributed by atoms with E-state index < -0.39 is 0 Å². The zero-order chi connectivity index (χ0) is 16.8. The van der Waals surface area contributed by atoms with Gasteiger partial charge in [-0.15, -0.1) is 11.3 Å². The van der Waals surface area contributed by atoms with Crippen LogP contribution in [0.5, 0.6) is 0 Å². The number of carbonyl (C=O) groups is 2. The molecule has 2 heterocycles. The third-order valence-corrected chi connectivity index (χ3v) is 5.43. The molecule has 128 valence electrons. The number of carbonyl (C=O) groups excluding carboxylic acids is 2. The number of rotatable bonds is 5. The van der Waals surface area contributed by atoms with Gasteiger partial charge in [0.25, 0.3) is 0 Å². The number of likely N-dealkylation sites (tertiary alicyclic amines) is 1. The minimum Gasteiger partial charge on any atom is -0.343 e. The molecule has 1 aromatic heterocycles. The molecule has 0 aromatic carbocycles. The van der Waals surface area contributed by atoms with E-state index >= 15 is 0 Å². The number of nitrogens with one attached hydrogen (secondary N) is 1. The molecule has 0 aliphatic carbocycles. The van der Waals surface area contributed by atoms with Gasteiger partial charge >= 0.3 is 6.03 Å². The maximum atomic E-state index is 12.3. The molecule has 23 heavy (non-hydrogen) atoms. The maximum absolute atomic E-state index is 12.3. The van der Waals surface area contributed by atoms with E-state index in [4.69, 9.17) is 0 Å². The van der Waals surface area contributed by atoms with Gasteiger partial charge in [-0.2, -0.15) is 0 Å². The first-order chi connectivity index (χ1) is 11.0. The third-order valence-electron chi connectivity index (χ3n) is 4.53. The molecule has 1 unspecified atom stereocenters. The molecule has 0 spiro atoms. The SMILES string of the molecule is CC(=O)N(C)C1CCN(C(=O)NCC(C)Cc2cccs2)CC1. The van der Waals surface area contributed by atoms with Gasteiger partial charge in [-0.3, -0.25) is 4.79 Å². The normalized spacial score (nSPS) is 16.9. The fraction of sp³-hybridized carbons (Fsp3) is 0.647. The summed E-state index contributed by atoms with van der Waals surface area (Å²) >= 11 is 1.76. The average molecular weight is 337 g/mol. The van der Waals surface area contributed by atoms with Crippen LogP contribution in [0.4, 0.5) is 4.79 Å². The fourth-order valence-corrected chi connectivity index (χ4v) is 3.80. The molecule has 0 radical (unpaired) electrons. The first kappa shape index (κ1) is 17.8. The number of amides is 3. The molecule has 0 bridgehead atoms. The van der Waals surface area contributed by atoms with Crippen LogP contribution in [0.1, 0.15) is 31.6 Å². The van der Waals surface area contributed by atoms with Crippen molar-refractivity contribution in [1.29, 1.82) is 0 Å². The van der Waals surface area contributed by atoms with Crippen molar-refractivity contribution in [3.8, 4) is 0 Å². The van der Waals surface area contributed by atoms with Gasteiger partial charge in [-0.25, -0.2) is 4.79 Å². The van der Waals surface area contributed by atoms with Crippen LogP contribution >= 0.6 is 11.3 Å². The zero-order valence-electron chi connectivity index (χ0n) is 14.2. The minimum absolute atomic E-state index is 0.0203. The molecular weight excluding hydrogens is 310 g/mol. The van der Waals surface area contributed by atoms with Gasteiger partial charge in [-0.05, 0) is 36.6 Å². The monoisotopic (exact) mass is 337 g/mol. The lowest BCUT2D eigenvalue weighted by atomic mass is 10.0. The molecule has 3 amide bonds. The summed E-state index contributed by atoms with van der Waals surface area (Å²) in [4.78, 5) is 28.7. The number of hydrogen-bond donors (Lipinski definition) is 1. The van der Waals surface area contributed by atoms with Crippen LogP contribution in [0.25, 0.3) is 0 Å². The maximum Gasteiger partial charge on any atom is 0.317 e. The summed E-state index contributed by atoms with van der Waals surface area (Å²) in [6.45, 7) is 5.88. The molecule has 1 N–H and O–H groups in total. The van der Waals surface area contributed by atoms with Crippen LogP contribution in [0.2, 0.25) is 0 Å². The lowest BCUT2D eigenvalue weighted by Gasteiger charge is -2.36. The summed E-state index contributed by atoms with van der Waals surface area (Å²) in [5, 5.41) is 5.13. The van der Waals surface area contributed by atoms with Crippen LogP contribution in [-0.4, -0.2) is 54.5 Å². The predicted octanol–water partition coefficient (Wildman–Crippen LogP) is 2.58. The van der Waals surface area contributed by atoms with E-state index in [2.05, 4.69) is 29.8 Å². The Kier molecular flexibility index (Phi) is 6.45. The van der Waals surface area contributed by atoms with Crippen molar-refractivity contribution >= 4 is 23.3 Å². The summed E-state index contributed by atoms with van der Waals surface area (Å²) in [6.07, 6.45) is 2.71. The Labute approximate surface area is 142 Å². The van der Waals surface area contributed by atoms with E-state index in [1.165, 1.54) is 4.88 Å². The van der Waals surface area contributed by atoms with E-state index in [-0.39, 0.29) is 18.0 Å². The van der Waals surface area contributed by atoms with Gasteiger partial charge in [0.1, 0.15) is 0 Å². The van der Waals surface area contributed by atoms with Crippen molar-refractivity contribution in [3.05, 3.63) is 22.4 Å². The highest BCUT2D eigenvalue weighted by Crippen LogP contribution is 2.16. The lowest BCUT2D eigenvalue weighted by Crippen LogP contribution is -2.50. The Balaban J connectivity index is 1.69. The molecule has 6 heteroatoms. The van der Waals surface area contributed by atoms with Crippen LogP contribution in [0.3, 0.4) is 0 Å². The number of piperidine rings is 1. The van der Waals surface area contributed by atoms with Crippen molar-refractivity contribution in [2.45, 2.75) is 39.2 Å². The highest BCUT2D eigenvalue weighted by Gasteiger charge is 2.26. The van der Waals surface area contributed by atoms with E-state index in [1.54, 1.807) is 23.2 Å². The van der Waals surface area contributed by atoms with Crippen LogP contribution in [-0.2, 0) is 11.2 Å². The van der Waals surface area contributed by atoms with Crippen LogP contribution in [0.15, 0.2) is 17.5 Å². The Hall–Kier alpha value is -1.56. The Morgan fingerprint density at radius 2 is 2.13 bits per heavy atom. The van der Waals surface area contributed by atoms with Crippen molar-refractivity contribution < 1.29 is 9.59 Å². The highest BCUT2D eigenvalue weighted by molar-refractivity contribution is 7.09. The molecule has 2 rings (SSSR count). The molecule has 1 aliphatic rings. The first-order valence-electron chi connectivity index (χ1n) is 8.26. The largest absolute Gasteiger partial charge is 0.343 e. The summed E-state index contributed by atoms with van der Waals surface area (Å²) in [5.41, 5.74) is 0. The smallest absolute Gasteiger partial charge is 0.317 e. The molecule has 1 fully saturated rings. The summed E-state index contributed by atoms with van der Waals surface area (Å²) in [6, 6.07) is 4.48. The van der Waals surface area contributed by atoms with E-state index in [0.717, 1.165) is 19.3 Å². The third kappa shape index (κ3) is 5.23. The second-order valence-corrected chi connectivity index (χ2v) is 7.46. The predicted molar refractivity (Wildman–Crippen MR) is 93.6 cm³/mol. The van der Waals surface area contributed by atoms with Gasteiger partial charge in [-0.1, -0.05) is 13.0 Å². The van der Waals surface area contributed by atoms with E-state index in [0.29, 0.717) is 25.6 Å². The molecule has 1 aliphatic heterocycles. The Morgan fingerprint density at radius 3 is 2.70 bits per heavy atom. The van der Waals surface area contributed by atoms with Crippen LogP contribution < -0.4 is 5.32 Å². The van der Waals surface area contributed by atoms with Gasteiger partial charge < -0.3 is 15.1 Å². The molecule has 5 nitrogen and oxygen atoms in total. The Morgan fingerprint density at radius 1 is 1.43 bits per heavy atom. The topological polar surface area (TPSA) is 52.7 Å². The average Bonchev–Trinajstić information content (AvgIpc) is 3.04. The first-order valence-corrected chi connectivity index (χ1v) is 9.14. The van der Waals surface area contributed by atoms with E-state index in [1.807, 2.05) is 11.9 Å². The van der Waals surface area contributed by atoms with Gasteiger partial charge in [0.05, 0.1) is 0 Å². The lowest BCUT2D eigenvalue weighted by molar-refractivity contribution is -0.130. The van der Waals surface area contributed by atoms with Gasteiger partial charge in [0.15, 0.2) is 0 Å². The van der Waals surface area contributed by atoms with Crippen molar-refractivity contribution in [3.63, 3.8) is 0 Å². The number of urea groups is 1. The quantitative estimate of drug-likeness (QED) is 0.898. The second kappa shape index (κ2) is 8.34. The Bertz CT molecular complexity index is 510. The highest BCUT2D eigenvalue weighted by atomic mass is 32.1. The molecule has 0 saturated carbocycles. The standard InChI is InChI=1S/C17H27N3O2S/c1-13(11-16-5-4-10-23-16)12-18-17(22)20-8-6-15(7-9-20)19(3)14(2)21/h4-5,10,13,15H,6-9,11-12H2,1-3H3,(H,18,22). The van der Waals surface area contributed by atoms with Crippen molar-refractivity contribution in [2.24, 2.45) is 5.92 Å². The molecular formula is C17H27N3O2S. The second-order valence-electron chi connectivity index (χ2n) is 6.42. The number of hydrogen-bond acceptors (Lipinski definition) is 3. The fourth-order valence-electron chi connectivity index (χ4n) is 2.93.